The summed E-state index contributed by atoms with van der Waals surface area (Å²) in [6.07, 6.45) is 7.44. The Kier molecular flexibility index (Phi) is 6.52. The summed E-state index contributed by atoms with van der Waals surface area (Å²) in [4.78, 5) is 21.9. The molecule has 0 bridgehead atoms. The van der Waals surface area contributed by atoms with Crippen molar-refractivity contribution < 1.29 is 9.18 Å². The van der Waals surface area contributed by atoms with Crippen molar-refractivity contribution in [2.75, 3.05) is 18.0 Å². The van der Waals surface area contributed by atoms with Gasteiger partial charge in [0.25, 0.3) is 0 Å². The molecule has 7 heteroatoms. The molecule has 33 heavy (non-hydrogen) atoms. The third-order valence-electron chi connectivity index (χ3n) is 7.26. The Bertz CT molecular complexity index is 1040. The Morgan fingerprint density at radius 2 is 1.82 bits per heavy atom. The predicted octanol–water partition coefficient (Wildman–Crippen LogP) is 5.88. The van der Waals surface area contributed by atoms with Gasteiger partial charge in [-0.05, 0) is 61.6 Å². The number of amides is 2. The molecule has 2 aliphatic heterocycles. The van der Waals surface area contributed by atoms with Gasteiger partial charge in [0.05, 0.1) is 0 Å². The van der Waals surface area contributed by atoms with Gasteiger partial charge < -0.3 is 5.32 Å². The molecule has 0 unspecified atom stereocenters. The third-order valence-corrected chi connectivity index (χ3v) is 7.75. The standard InChI is InChI=1S/C26H30BrFN4O/c27-20-7-4-6-19(16-20)18-31-14-12-26(13-15-31)24(29-22-9-2-1-3-10-22)30-25(33)32(26)23-11-5-8-21(28)17-23/h4-8,11,16-17,22H,1-3,9-10,12-15,18H2,(H,29,30,33). The van der Waals surface area contributed by atoms with Crippen LogP contribution >= 0.6 is 15.9 Å². The van der Waals surface area contributed by atoms with Gasteiger partial charge in [-0.2, -0.15) is 4.99 Å². The second-order valence-electron chi connectivity index (χ2n) is 9.48. The van der Waals surface area contributed by atoms with Crippen LogP contribution in [0.25, 0.3) is 0 Å². The second kappa shape index (κ2) is 9.55. The maximum absolute atomic E-state index is 14.1. The number of anilines is 1. The summed E-state index contributed by atoms with van der Waals surface area (Å²) in [5.41, 5.74) is 1.31. The third kappa shape index (κ3) is 4.71. The summed E-state index contributed by atoms with van der Waals surface area (Å²) in [5, 5.41) is 3.66. The number of nitrogens with zero attached hydrogens (tertiary/aromatic N) is 3. The highest BCUT2D eigenvalue weighted by Crippen LogP contribution is 2.39. The first-order chi connectivity index (χ1) is 16.0. The zero-order chi connectivity index (χ0) is 22.8. The monoisotopic (exact) mass is 512 g/mol. The average Bonchev–Trinajstić information content (AvgIpc) is 3.06. The molecule has 2 fully saturated rings. The van der Waals surface area contributed by atoms with E-state index in [1.807, 2.05) is 12.1 Å². The fourth-order valence-electron chi connectivity index (χ4n) is 5.55. The zero-order valence-corrected chi connectivity index (χ0v) is 20.4. The number of rotatable bonds is 4. The Labute approximate surface area is 203 Å². The average molecular weight is 513 g/mol. The largest absolute Gasteiger partial charge is 0.369 e. The van der Waals surface area contributed by atoms with Crippen LogP contribution in [0, 0.1) is 5.82 Å². The lowest BCUT2D eigenvalue weighted by Crippen LogP contribution is -2.62. The number of aliphatic imine (C=N–C) groups is 1. The summed E-state index contributed by atoms with van der Waals surface area (Å²) in [6.45, 7) is 2.56. The van der Waals surface area contributed by atoms with Crippen molar-refractivity contribution in [3.8, 4) is 0 Å². The van der Waals surface area contributed by atoms with Crippen LogP contribution in [0.3, 0.4) is 0 Å². The number of carbonyl (C=O) groups is 1. The zero-order valence-electron chi connectivity index (χ0n) is 18.8. The van der Waals surface area contributed by atoms with Crippen LogP contribution in [0.4, 0.5) is 14.9 Å². The summed E-state index contributed by atoms with van der Waals surface area (Å²) >= 11 is 3.56. The van der Waals surface area contributed by atoms with Gasteiger partial charge in [-0.3, -0.25) is 9.80 Å². The van der Waals surface area contributed by atoms with Gasteiger partial charge in [0.15, 0.2) is 0 Å². The molecule has 1 saturated heterocycles. The van der Waals surface area contributed by atoms with Crippen molar-refractivity contribution in [1.82, 2.24) is 10.2 Å². The molecule has 1 spiro atoms. The minimum Gasteiger partial charge on any atom is -0.369 e. The number of likely N-dealkylation sites (tertiary alicyclic amines) is 1. The van der Waals surface area contributed by atoms with E-state index in [1.165, 1.54) is 37.0 Å². The molecular formula is C26H30BrFN4O. The van der Waals surface area contributed by atoms with Gasteiger partial charge in [-0.25, -0.2) is 9.18 Å². The second-order valence-corrected chi connectivity index (χ2v) is 10.4. The van der Waals surface area contributed by atoms with E-state index in [1.54, 1.807) is 11.0 Å². The van der Waals surface area contributed by atoms with Gasteiger partial charge in [-0.1, -0.05) is 53.4 Å². The number of benzene rings is 2. The molecule has 0 atom stereocenters. The van der Waals surface area contributed by atoms with Gasteiger partial charge >= 0.3 is 6.03 Å². The molecule has 5 nitrogen and oxygen atoms in total. The lowest BCUT2D eigenvalue weighted by Gasteiger charge is -2.45. The van der Waals surface area contributed by atoms with E-state index in [0.717, 1.165) is 55.6 Å². The van der Waals surface area contributed by atoms with Gasteiger partial charge in [0.1, 0.15) is 17.2 Å². The van der Waals surface area contributed by atoms with Crippen LogP contribution in [-0.4, -0.2) is 41.4 Å². The van der Waals surface area contributed by atoms with E-state index in [-0.39, 0.29) is 11.8 Å². The van der Waals surface area contributed by atoms with Gasteiger partial charge in [0, 0.05) is 35.8 Å². The number of hydrogen-bond donors (Lipinski definition) is 1. The summed E-state index contributed by atoms with van der Waals surface area (Å²) in [7, 11) is 0. The highest BCUT2D eigenvalue weighted by molar-refractivity contribution is 9.10. The Balaban J connectivity index is 1.39. The van der Waals surface area contributed by atoms with E-state index < -0.39 is 5.54 Å². The van der Waals surface area contributed by atoms with Crippen molar-refractivity contribution in [3.63, 3.8) is 0 Å². The maximum Gasteiger partial charge on any atom is 0.350 e. The minimum atomic E-state index is -0.546. The Hall–Kier alpha value is -2.25. The van der Waals surface area contributed by atoms with E-state index in [0.29, 0.717) is 11.7 Å². The summed E-state index contributed by atoms with van der Waals surface area (Å²) < 4.78 is 15.2. The molecule has 0 radical (unpaired) electrons. The molecule has 5 rings (SSSR count). The number of urea groups is 1. The number of carbonyl (C=O) groups excluding carboxylic acids is 1. The summed E-state index contributed by atoms with van der Waals surface area (Å²) in [6, 6.07) is 14.8. The van der Waals surface area contributed by atoms with Crippen LogP contribution in [0.15, 0.2) is 58.0 Å². The molecule has 174 valence electrons. The van der Waals surface area contributed by atoms with E-state index in [4.69, 9.17) is 0 Å². The maximum atomic E-state index is 14.1. The van der Waals surface area contributed by atoms with E-state index in [2.05, 4.69) is 49.3 Å². The normalized spacial score (nSPS) is 21.5. The molecule has 1 N–H and O–H groups in total. The van der Waals surface area contributed by atoms with Crippen molar-refractivity contribution in [2.45, 2.75) is 63.1 Å². The van der Waals surface area contributed by atoms with Crippen LogP contribution in [0.2, 0.25) is 0 Å². The molecule has 0 aromatic heterocycles. The lowest BCUT2D eigenvalue weighted by atomic mass is 9.83. The smallest absolute Gasteiger partial charge is 0.350 e. The number of nitrogens with one attached hydrogen (secondary N) is 1. The Morgan fingerprint density at radius 3 is 2.55 bits per heavy atom. The van der Waals surface area contributed by atoms with Crippen molar-refractivity contribution in [3.05, 3.63) is 64.4 Å². The van der Waals surface area contributed by atoms with Crippen molar-refractivity contribution in [2.24, 2.45) is 4.99 Å². The lowest BCUT2D eigenvalue weighted by molar-refractivity contribution is 0.181. The number of amidine groups is 1. The van der Waals surface area contributed by atoms with Gasteiger partial charge in [0.2, 0.25) is 0 Å². The fourth-order valence-corrected chi connectivity index (χ4v) is 6.00. The van der Waals surface area contributed by atoms with Gasteiger partial charge in [-0.15, -0.1) is 0 Å². The fraction of sp³-hybridized carbons (Fsp3) is 0.462. The predicted molar refractivity (Wildman–Crippen MR) is 133 cm³/mol. The topological polar surface area (TPSA) is 47.9 Å². The molecule has 1 saturated carbocycles. The number of piperidine rings is 1. The van der Waals surface area contributed by atoms with Crippen LogP contribution in [-0.2, 0) is 6.54 Å². The number of halogens is 2. The molecule has 3 aliphatic rings. The van der Waals surface area contributed by atoms with Crippen LogP contribution < -0.4 is 10.2 Å². The van der Waals surface area contributed by atoms with E-state index >= 15 is 0 Å². The highest BCUT2D eigenvalue weighted by atomic mass is 79.9. The quantitative estimate of drug-likeness (QED) is 0.555. The molecular weight excluding hydrogens is 483 g/mol. The minimum absolute atomic E-state index is 0.292. The highest BCUT2D eigenvalue weighted by Gasteiger charge is 2.52. The SMILES string of the molecule is O=C1N=C(NC2CCCCC2)C2(CCN(Cc3cccc(Br)c3)CC2)N1c1cccc(F)c1. The van der Waals surface area contributed by atoms with Crippen molar-refractivity contribution >= 4 is 33.5 Å². The first-order valence-electron chi connectivity index (χ1n) is 12.0. The molecule has 2 aromatic rings. The first-order valence-corrected chi connectivity index (χ1v) is 12.8. The molecule has 2 aromatic carbocycles. The van der Waals surface area contributed by atoms with Crippen LogP contribution in [0.1, 0.15) is 50.5 Å². The Morgan fingerprint density at radius 1 is 1.06 bits per heavy atom. The van der Waals surface area contributed by atoms with Crippen LogP contribution in [0.5, 0.6) is 0 Å². The number of hydrogen-bond acceptors (Lipinski definition) is 3. The molecule has 2 heterocycles. The van der Waals surface area contributed by atoms with E-state index in [9.17, 15) is 9.18 Å². The summed E-state index contributed by atoms with van der Waals surface area (Å²) in [5.74, 6) is 0.446. The van der Waals surface area contributed by atoms with Crippen molar-refractivity contribution in [1.29, 1.82) is 0 Å². The molecule has 1 aliphatic carbocycles. The first kappa shape index (κ1) is 22.5. The molecule has 2 amide bonds.